The van der Waals surface area contributed by atoms with Crippen molar-refractivity contribution in [2.75, 3.05) is 12.1 Å². The van der Waals surface area contributed by atoms with Crippen molar-refractivity contribution >= 4 is 17.3 Å². The van der Waals surface area contributed by atoms with E-state index in [4.69, 9.17) is 16.3 Å². The van der Waals surface area contributed by atoms with Crippen molar-refractivity contribution < 1.29 is 4.74 Å². The van der Waals surface area contributed by atoms with Crippen molar-refractivity contribution in [3.05, 3.63) is 125 Å². The average Bonchev–Trinajstić information content (AvgIpc) is 3.36. The van der Waals surface area contributed by atoms with Crippen molar-refractivity contribution in [1.82, 2.24) is 5.01 Å². The minimum Gasteiger partial charge on any atom is -0.358 e. The third kappa shape index (κ3) is 2.69. The highest BCUT2D eigenvalue weighted by atomic mass is 35.5. The number of anilines is 1. The maximum atomic E-state index is 10.5. The van der Waals surface area contributed by atoms with E-state index >= 15 is 0 Å². The van der Waals surface area contributed by atoms with E-state index in [-0.39, 0.29) is 5.92 Å². The van der Waals surface area contributed by atoms with Crippen LogP contribution in [0.1, 0.15) is 22.6 Å². The average molecular weight is 464 g/mol. The fourth-order valence-corrected chi connectivity index (χ4v) is 6.01. The van der Waals surface area contributed by atoms with Gasteiger partial charge in [0.05, 0.1) is 11.6 Å². The number of fused-ring (bicyclic) bond motifs is 5. The second-order valence-corrected chi connectivity index (χ2v) is 9.04. The Balaban J connectivity index is 1.76. The van der Waals surface area contributed by atoms with Crippen LogP contribution in [-0.4, -0.2) is 18.3 Å². The Labute approximate surface area is 204 Å². The number of benzene rings is 4. The topological polar surface area (TPSA) is 39.5 Å². The second kappa shape index (κ2) is 7.92. The molecule has 34 heavy (non-hydrogen) atoms. The fourth-order valence-electron chi connectivity index (χ4n) is 5.89. The van der Waals surface area contributed by atoms with Crippen molar-refractivity contribution in [2.45, 2.75) is 17.7 Å². The molecule has 0 aromatic heterocycles. The van der Waals surface area contributed by atoms with Gasteiger partial charge in [0.15, 0.2) is 6.23 Å². The molecule has 1 aliphatic carbocycles. The van der Waals surface area contributed by atoms with Crippen LogP contribution >= 0.6 is 11.6 Å². The third-order valence-electron chi connectivity index (χ3n) is 7.07. The molecule has 5 heteroatoms. The zero-order valence-electron chi connectivity index (χ0n) is 18.6. The molecule has 2 atom stereocenters. The van der Waals surface area contributed by atoms with Crippen LogP contribution in [0.2, 0.25) is 5.02 Å². The van der Waals surface area contributed by atoms with Crippen LogP contribution in [0.5, 0.6) is 0 Å². The Morgan fingerprint density at radius 3 is 1.91 bits per heavy atom. The summed E-state index contributed by atoms with van der Waals surface area (Å²) in [6.45, 7) is 0. The predicted molar refractivity (Wildman–Crippen MR) is 134 cm³/mol. The van der Waals surface area contributed by atoms with Gasteiger partial charge in [-0.3, -0.25) is 5.01 Å². The van der Waals surface area contributed by atoms with Crippen molar-refractivity contribution in [2.24, 2.45) is 0 Å². The lowest BCUT2D eigenvalue weighted by Crippen LogP contribution is -2.48. The summed E-state index contributed by atoms with van der Waals surface area (Å²) < 4.78 is 6.11. The van der Waals surface area contributed by atoms with E-state index in [9.17, 15) is 5.26 Å². The van der Waals surface area contributed by atoms with E-state index in [0.29, 0.717) is 5.02 Å². The summed E-state index contributed by atoms with van der Waals surface area (Å²) in [7, 11) is 1.68. The van der Waals surface area contributed by atoms with Crippen LogP contribution in [0.15, 0.2) is 103 Å². The quantitative estimate of drug-likeness (QED) is 0.323. The number of ether oxygens (including phenoxy) is 1. The molecule has 6 rings (SSSR count). The molecule has 0 radical (unpaired) electrons. The molecule has 166 valence electrons. The molecule has 1 fully saturated rings. The number of hydrogen-bond acceptors (Lipinski definition) is 4. The van der Waals surface area contributed by atoms with Crippen LogP contribution in [-0.2, 0) is 10.3 Å². The van der Waals surface area contributed by atoms with Crippen LogP contribution in [0, 0.1) is 11.5 Å². The molecule has 0 saturated carbocycles. The van der Waals surface area contributed by atoms with E-state index in [1.54, 1.807) is 12.1 Å². The summed E-state index contributed by atoms with van der Waals surface area (Å²) in [6, 6.07) is 35.0. The monoisotopic (exact) mass is 463 g/mol. The molecule has 1 saturated heterocycles. The summed E-state index contributed by atoms with van der Waals surface area (Å²) in [5.41, 5.74) is 5.94. The van der Waals surface area contributed by atoms with Gasteiger partial charge in [-0.2, -0.15) is 10.3 Å². The smallest absolute Gasteiger partial charge is 0.202 e. The largest absolute Gasteiger partial charge is 0.358 e. The highest BCUT2D eigenvalue weighted by Crippen LogP contribution is 2.63. The highest BCUT2D eigenvalue weighted by molar-refractivity contribution is 6.30. The Kier molecular flexibility index (Phi) is 4.84. The van der Waals surface area contributed by atoms with Gasteiger partial charge < -0.3 is 4.74 Å². The molecular formula is C29H22ClN3O. The standard InChI is InChI=1S/C29H22ClN3O/c1-34-28-27(20-9-3-2-4-10-20)29(33(32(28)19-31)22-17-15-21(30)16-18-22)25-13-7-5-11-23(25)24-12-6-8-14-26(24)29/h2-18,27-28H,1H3/t27-,28+/m1/s1. The van der Waals surface area contributed by atoms with Gasteiger partial charge in [-0.1, -0.05) is 90.5 Å². The van der Waals surface area contributed by atoms with Gasteiger partial charge in [-0.05, 0) is 52.1 Å². The zero-order valence-corrected chi connectivity index (χ0v) is 19.4. The van der Waals surface area contributed by atoms with Gasteiger partial charge >= 0.3 is 0 Å². The number of halogens is 1. The fraction of sp³-hybridized carbons (Fsp3) is 0.138. The van der Waals surface area contributed by atoms with Gasteiger partial charge in [0.1, 0.15) is 5.54 Å². The predicted octanol–water partition coefficient (Wildman–Crippen LogP) is 6.54. The normalized spacial score (nSPS) is 19.7. The van der Waals surface area contributed by atoms with Gasteiger partial charge in [0.25, 0.3) is 0 Å². The van der Waals surface area contributed by atoms with E-state index < -0.39 is 11.8 Å². The lowest BCUT2D eigenvalue weighted by atomic mass is 9.72. The van der Waals surface area contributed by atoms with Crippen LogP contribution in [0.3, 0.4) is 0 Å². The molecule has 1 heterocycles. The number of hydrogen-bond donors (Lipinski definition) is 0. The first-order chi connectivity index (χ1) is 16.7. The lowest BCUT2D eigenvalue weighted by molar-refractivity contribution is 0.0102. The molecule has 0 bridgehead atoms. The number of nitrogens with zero attached hydrogens (tertiary/aromatic N) is 3. The second-order valence-electron chi connectivity index (χ2n) is 8.60. The van der Waals surface area contributed by atoms with E-state index in [1.165, 1.54) is 11.1 Å². The van der Waals surface area contributed by atoms with Gasteiger partial charge in [-0.25, -0.2) is 0 Å². The van der Waals surface area contributed by atoms with Gasteiger partial charge in [-0.15, -0.1) is 0 Å². The first kappa shape index (κ1) is 20.8. The molecule has 4 aromatic rings. The number of hydrazine groups is 1. The van der Waals surface area contributed by atoms with Crippen LogP contribution in [0.25, 0.3) is 11.1 Å². The SMILES string of the molecule is CO[C@H]1[C@@H](c2ccccc2)C2(c3ccccc3-c3ccccc32)N(c2ccc(Cl)cc2)N1C#N. The number of nitriles is 1. The molecule has 1 aliphatic heterocycles. The highest BCUT2D eigenvalue weighted by Gasteiger charge is 2.64. The first-order valence-corrected chi connectivity index (χ1v) is 11.6. The Hall–Kier alpha value is -3.78. The number of rotatable bonds is 3. The Morgan fingerprint density at radius 2 is 1.35 bits per heavy atom. The Bertz CT molecular complexity index is 1350. The molecule has 1 spiro atoms. The molecule has 0 unspecified atom stereocenters. The summed E-state index contributed by atoms with van der Waals surface area (Å²) in [5.74, 6) is -0.182. The van der Waals surface area contributed by atoms with Crippen LogP contribution in [0.4, 0.5) is 5.69 Å². The molecule has 2 aliphatic rings. The molecule has 4 nitrogen and oxygen atoms in total. The molecule has 0 amide bonds. The van der Waals surface area contributed by atoms with Crippen molar-refractivity contribution in [1.29, 1.82) is 5.26 Å². The Morgan fingerprint density at radius 1 is 0.794 bits per heavy atom. The third-order valence-corrected chi connectivity index (χ3v) is 7.32. The summed E-state index contributed by atoms with van der Waals surface area (Å²) in [6.07, 6.45) is 1.93. The zero-order chi connectivity index (χ0) is 23.3. The summed E-state index contributed by atoms with van der Waals surface area (Å²) >= 11 is 6.26. The molecule has 4 aromatic carbocycles. The molecular weight excluding hydrogens is 442 g/mol. The first-order valence-electron chi connectivity index (χ1n) is 11.2. The van der Waals surface area contributed by atoms with E-state index in [1.807, 2.05) is 42.5 Å². The van der Waals surface area contributed by atoms with Gasteiger partial charge in [0, 0.05) is 12.1 Å². The van der Waals surface area contributed by atoms with Gasteiger partial charge in [0.2, 0.25) is 6.19 Å². The molecule has 0 N–H and O–H groups in total. The van der Waals surface area contributed by atoms with E-state index in [2.05, 4.69) is 71.9 Å². The van der Waals surface area contributed by atoms with Crippen molar-refractivity contribution in [3.8, 4) is 17.3 Å². The van der Waals surface area contributed by atoms with E-state index in [0.717, 1.165) is 22.4 Å². The summed E-state index contributed by atoms with van der Waals surface area (Å²) in [4.78, 5) is 0. The minimum atomic E-state index is -0.696. The minimum absolute atomic E-state index is 0.182. The van der Waals surface area contributed by atoms with Crippen LogP contribution < -0.4 is 5.01 Å². The summed E-state index contributed by atoms with van der Waals surface area (Å²) in [5, 5.41) is 14.9. The van der Waals surface area contributed by atoms with Crippen molar-refractivity contribution in [3.63, 3.8) is 0 Å². The lowest BCUT2D eigenvalue weighted by Gasteiger charge is -2.42. The maximum Gasteiger partial charge on any atom is 0.202 e. The number of methoxy groups -OCH3 is 1. The maximum absolute atomic E-state index is 10.5.